The Balaban J connectivity index is 2.07. The van der Waals surface area contributed by atoms with Crippen molar-refractivity contribution in [2.45, 2.75) is 13.3 Å². The Morgan fingerprint density at radius 1 is 1.35 bits per heavy atom. The van der Waals surface area contributed by atoms with Gasteiger partial charge >= 0.3 is 0 Å². The molecule has 4 nitrogen and oxygen atoms in total. The molecule has 0 atom stereocenters. The fourth-order valence-corrected chi connectivity index (χ4v) is 1.97. The summed E-state index contributed by atoms with van der Waals surface area (Å²) in [6.45, 7) is 6.19. The molecule has 2 N–H and O–H groups in total. The standard InChI is InChI=1S/C13H20N2O2/c1-2-5-14-11-3-4-12(13(16)10-11)15-6-8-17-9-7-15/h3-4,10,14,16H,2,5-9H2,1H3. The number of nitrogens with zero attached hydrogens (tertiary/aromatic N) is 1. The Morgan fingerprint density at radius 2 is 2.12 bits per heavy atom. The average Bonchev–Trinajstić information content (AvgIpc) is 2.37. The zero-order valence-electron chi connectivity index (χ0n) is 10.3. The van der Waals surface area contributed by atoms with E-state index in [0.717, 1.165) is 50.6 Å². The van der Waals surface area contributed by atoms with Crippen LogP contribution in [0.5, 0.6) is 5.75 Å². The van der Waals surface area contributed by atoms with Gasteiger partial charge < -0.3 is 20.1 Å². The van der Waals surface area contributed by atoms with E-state index in [2.05, 4.69) is 17.1 Å². The average molecular weight is 236 g/mol. The Kier molecular flexibility index (Phi) is 4.09. The monoisotopic (exact) mass is 236 g/mol. The van der Waals surface area contributed by atoms with Gasteiger partial charge in [-0.15, -0.1) is 0 Å². The van der Waals surface area contributed by atoms with Gasteiger partial charge in [0.15, 0.2) is 0 Å². The molecule has 1 aromatic carbocycles. The van der Waals surface area contributed by atoms with Gasteiger partial charge in [-0.3, -0.25) is 0 Å². The topological polar surface area (TPSA) is 44.7 Å². The summed E-state index contributed by atoms with van der Waals surface area (Å²) in [5.41, 5.74) is 1.87. The van der Waals surface area contributed by atoms with Crippen LogP contribution in [-0.4, -0.2) is 38.0 Å². The van der Waals surface area contributed by atoms with Crippen molar-refractivity contribution in [3.05, 3.63) is 18.2 Å². The van der Waals surface area contributed by atoms with Crippen molar-refractivity contribution >= 4 is 11.4 Å². The SMILES string of the molecule is CCCNc1ccc(N2CCOCC2)c(O)c1. The van der Waals surface area contributed by atoms with E-state index in [9.17, 15) is 5.11 Å². The fourth-order valence-electron chi connectivity index (χ4n) is 1.97. The quantitative estimate of drug-likeness (QED) is 0.840. The molecule has 1 aromatic rings. The van der Waals surface area contributed by atoms with E-state index in [1.54, 1.807) is 6.07 Å². The maximum absolute atomic E-state index is 10.0. The number of ether oxygens (including phenoxy) is 1. The van der Waals surface area contributed by atoms with Gasteiger partial charge in [0, 0.05) is 31.4 Å². The second kappa shape index (κ2) is 5.77. The van der Waals surface area contributed by atoms with Crippen molar-refractivity contribution in [2.75, 3.05) is 43.1 Å². The van der Waals surface area contributed by atoms with E-state index in [-0.39, 0.29) is 0 Å². The number of morpholine rings is 1. The zero-order valence-corrected chi connectivity index (χ0v) is 10.3. The molecule has 1 fully saturated rings. The lowest BCUT2D eigenvalue weighted by atomic mass is 10.2. The van der Waals surface area contributed by atoms with Crippen LogP contribution in [0.25, 0.3) is 0 Å². The predicted octanol–water partition coefficient (Wildman–Crippen LogP) is 2.05. The van der Waals surface area contributed by atoms with Gasteiger partial charge in [-0.05, 0) is 18.6 Å². The predicted molar refractivity (Wildman–Crippen MR) is 69.9 cm³/mol. The van der Waals surface area contributed by atoms with Gasteiger partial charge in [-0.25, -0.2) is 0 Å². The molecule has 4 heteroatoms. The number of rotatable bonds is 4. The van der Waals surface area contributed by atoms with Crippen LogP contribution in [-0.2, 0) is 4.74 Å². The summed E-state index contributed by atoms with van der Waals surface area (Å²) in [4.78, 5) is 2.16. The van der Waals surface area contributed by atoms with Gasteiger partial charge in [-0.1, -0.05) is 6.92 Å². The van der Waals surface area contributed by atoms with Gasteiger partial charge in [0.1, 0.15) is 5.75 Å². The minimum atomic E-state index is 0.341. The molecule has 2 rings (SSSR count). The Labute approximate surface area is 102 Å². The summed E-state index contributed by atoms with van der Waals surface area (Å²) in [5, 5.41) is 13.3. The zero-order chi connectivity index (χ0) is 12.1. The molecule has 0 bridgehead atoms. The van der Waals surface area contributed by atoms with Crippen molar-refractivity contribution in [2.24, 2.45) is 0 Å². The second-order valence-electron chi connectivity index (χ2n) is 4.23. The summed E-state index contributed by atoms with van der Waals surface area (Å²) in [7, 11) is 0. The first-order valence-electron chi connectivity index (χ1n) is 6.21. The van der Waals surface area contributed by atoms with Gasteiger partial charge in [0.25, 0.3) is 0 Å². The number of aromatic hydroxyl groups is 1. The molecule has 0 spiro atoms. The first-order chi connectivity index (χ1) is 8.31. The number of nitrogens with one attached hydrogen (secondary N) is 1. The van der Waals surface area contributed by atoms with Crippen molar-refractivity contribution in [3.63, 3.8) is 0 Å². The van der Waals surface area contributed by atoms with E-state index in [0.29, 0.717) is 5.75 Å². The lowest BCUT2D eigenvalue weighted by molar-refractivity contribution is 0.122. The molecule has 1 heterocycles. The maximum Gasteiger partial charge on any atom is 0.140 e. The summed E-state index contributed by atoms with van der Waals surface area (Å²) < 4.78 is 5.30. The number of phenols is 1. The summed E-state index contributed by atoms with van der Waals surface area (Å²) in [5.74, 6) is 0.341. The Morgan fingerprint density at radius 3 is 2.76 bits per heavy atom. The van der Waals surface area contributed by atoms with E-state index in [4.69, 9.17) is 4.74 Å². The van der Waals surface area contributed by atoms with E-state index in [1.165, 1.54) is 0 Å². The van der Waals surface area contributed by atoms with Crippen LogP contribution in [0.15, 0.2) is 18.2 Å². The highest BCUT2D eigenvalue weighted by molar-refractivity contribution is 5.64. The van der Waals surface area contributed by atoms with Crippen LogP contribution in [0.3, 0.4) is 0 Å². The highest BCUT2D eigenvalue weighted by atomic mass is 16.5. The molecule has 0 amide bonds. The van der Waals surface area contributed by atoms with Crippen LogP contribution >= 0.6 is 0 Å². The first kappa shape index (κ1) is 12.0. The molecule has 94 valence electrons. The molecule has 0 saturated carbocycles. The summed E-state index contributed by atoms with van der Waals surface area (Å²) >= 11 is 0. The van der Waals surface area contributed by atoms with E-state index >= 15 is 0 Å². The third-order valence-electron chi connectivity index (χ3n) is 2.91. The van der Waals surface area contributed by atoms with Crippen LogP contribution in [0, 0.1) is 0 Å². The number of phenolic OH excluding ortho intramolecular Hbond substituents is 1. The smallest absolute Gasteiger partial charge is 0.140 e. The molecule has 1 aliphatic rings. The van der Waals surface area contributed by atoms with Gasteiger partial charge in [0.2, 0.25) is 0 Å². The Hall–Kier alpha value is -1.42. The van der Waals surface area contributed by atoms with E-state index < -0.39 is 0 Å². The number of hydrogen-bond acceptors (Lipinski definition) is 4. The highest BCUT2D eigenvalue weighted by Gasteiger charge is 2.14. The normalized spacial score (nSPS) is 15.9. The highest BCUT2D eigenvalue weighted by Crippen LogP contribution is 2.30. The molecule has 0 aromatic heterocycles. The molecule has 1 saturated heterocycles. The van der Waals surface area contributed by atoms with Crippen LogP contribution < -0.4 is 10.2 Å². The third-order valence-corrected chi connectivity index (χ3v) is 2.91. The van der Waals surface area contributed by atoms with Gasteiger partial charge in [-0.2, -0.15) is 0 Å². The molecular weight excluding hydrogens is 216 g/mol. The van der Waals surface area contributed by atoms with Crippen molar-refractivity contribution in [1.82, 2.24) is 0 Å². The fraction of sp³-hybridized carbons (Fsp3) is 0.538. The third kappa shape index (κ3) is 3.03. The lowest BCUT2D eigenvalue weighted by Gasteiger charge is -2.29. The molecule has 1 aliphatic heterocycles. The largest absolute Gasteiger partial charge is 0.506 e. The summed E-state index contributed by atoms with van der Waals surface area (Å²) in [6.07, 6.45) is 1.08. The van der Waals surface area contributed by atoms with Crippen LogP contribution in [0.1, 0.15) is 13.3 Å². The minimum absolute atomic E-state index is 0.341. The molecular formula is C13H20N2O2. The minimum Gasteiger partial charge on any atom is -0.506 e. The summed E-state index contributed by atoms with van der Waals surface area (Å²) in [6, 6.07) is 5.78. The van der Waals surface area contributed by atoms with Crippen molar-refractivity contribution in [1.29, 1.82) is 0 Å². The Bertz CT molecular complexity index is 362. The van der Waals surface area contributed by atoms with Crippen molar-refractivity contribution < 1.29 is 9.84 Å². The lowest BCUT2D eigenvalue weighted by Crippen LogP contribution is -2.36. The second-order valence-corrected chi connectivity index (χ2v) is 4.23. The maximum atomic E-state index is 10.0. The van der Waals surface area contributed by atoms with Crippen molar-refractivity contribution in [3.8, 4) is 5.75 Å². The first-order valence-corrected chi connectivity index (χ1v) is 6.21. The van der Waals surface area contributed by atoms with Gasteiger partial charge in [0.05, 0.1) is 18.9 Å². The van der Waals surface area contributed by atoms with Crippen LogP contribution in [0.2, 0.25) is 0 Å². The molecule has 0 unspecified atom stereocenters. The molecule has 0 aliphatic carbocycles. The number of hydrogen-bond donors (Lipinski definition) is 2. The molecule has 0 radical (unpaired) electrons. The molecule has 17 heavy (non-hydrogen) atoms. The van der Waals surface area contributed by atoms with Crippen LogP contribution in [0.4, 0.5) is 11.4 Å². The number of benzene rings is 1. The number of anilines is 2. The van der Waals surface area contributed by atoms with E-state index in [1.807, 2.05) is 12.1 Å².